The number of Topliss-reactive ketones (excluding diaryl/α,β-unsaturated/α-hetero) is 4. The van der Waals surface area contributed by atoms with Crippen molar-refractivity contribution >= 4 is 29.0 Å². The van der Waals surface area contributed by atoms with Crippen molar-refractivity contribution in [2.45, 2.75) is 63.1 Å². The van der Waals surface area contributed by atoms with E-state index < -0.39 is 64.4 Å². The molecule has 5 N–H and O–H groups in total. The zero-order valence-electron chi connectivity index (χ0n) is 22.4. The molecule has 5 rings (SSSR count). The number of hydrogen-bond donors (Lipinski definition) is 4. The van der Waals surface area contributed by atoms with Crippen LogP contribution < -0.4 is 11.1 Å². The summed E-state index contributed by atoms with van der Waals surface area (Å²) in [5, 5.41) is 26.1. The highest BCUT2D eigenvalue weighted by Crippen LogP contribution is 2.50. The van der Waals surface area contributed by atoms with E-state index in [1.165, 1.54) is 37.0 Å². The molecule has 1 aromatic carbocycles. The number of aromatic hydroxyl groups is 1. The van der Waals surface area contributed by atoms with Gasteiger partial charge < -0.3 is 21.3 Å². The Balaban J connectivity index is 1.45. The van der Waals surface area contributed by atoms with Gasteiger partial charge in [0.1, 0.15) is 5.75 Å². The Labute approximate surface area is 227 Å². The van der Waals surface area contributed by atoms with Crippen LogP contribution in [0.5, 0.6) is 5.75 Å². The molecule has 0 spiro atoms. The summed E-state index contributed by atoms with van der Waals surface area (Å²) >= 11 is 0. The molecule has 10 nitrogen and oxygen atoms in total. The van der Waals surface area contributed by atoms with Crippen LogP contribution in [0.25, 0.3) is 0 Å². The molecule has 10 heteroatoms. The molecule has 0 radical (unpaired) electrons. The Morgan fingerprint density at radius 2 is 1.79 bits per heavy atom. The lowest BCUT2D eigenvalue weighted by molar-refractivity contribution is -0.181. The average molecular weight is 540 g/mol. The lowest BCUT2D eigenvalue weighted by atomic mass is 9.52. The number of carbonyl (C=O) groups is 5. The van der Waals surface area contributed by atoms with Crippen molar-refractivity contribution < 1.29 is 34.2 Å². The first-order valence-electron chi connectivity index (χ1n) is 13.9. The third-order valence-corrected chi connectivity index (χ3v) is 9.49. The van der Waals surface area contributed by atoms with Gasteiger partial charge in [-0.25, -0.2) is 0 Å². The maximum Gasteiger partial charge on any atom is 0.235 e. The molecule has 2 unspecified atom stereocenters. The summed E-state index contributed by atoms with van der Waals surface area (Å²) in [6.07, 6.45) is 6.38. The number of carbonyl (C=O) groups excluding carboxylic acids is 5. The minimum atomic E-state index is -2.70. The molecule has 210 valence electrons. The van der Waals surface area contributed by atoms with Crippen molar-refractivity contribution in [2.75, 3.05) is 20.6 Å². The number of nitrogens with one attached hydrogen (secondary N) is 1. The van der Waals surface area contributed by atoms with Crippen LogP contribution in [0.2, 0.25) is 0 Å². The Bertz CT molecular complexity index is 1240. The second-order valence-electron chi connectivity index (χ2n) is 12.0. The Morgan fingerprint density at radius 3 is 2.44 bits per heavy atom. The van der Waals surface area contributed by atoms with E-state index in [1.807, 2.05) is 0 Å². The van der Waals surface area contributed by atoms with E-state index in [9.17, 15) is 34.2 Å². The van der Waals surface area contributed by atoms with E-state index in [0.717, 1.165) is 6.54 Å². The zero-order valence-corrected chi connectivity index (χ0v) is 22.4. The number of fused-ring (bicyclic) bond motifs is 3. The van der Waals surface area contributed by atoms with Crippen molar-refractivity contribution in [3.05, 3.63) is 28.8 Å². The highest BCUT2D eigenvalue weighted by Gasteiger charge is 2.69. The van der Waals surface area contributed by atoms with Crippen LogP contribution in [-0.2, 0) is 32.1 Å². The lowest BCUT2D eigenvalue weighted by Crippen LogP contribution is -2.74. The smallest absolute Gasteiger partial charge is 0.235 e. The zero-order chi connectivity index (χ0) is 28.2. The van der Waals surface area contributed by atoms with E-state index >= 15 is 0 Å². The number of primary amides is 1. The quantitative estimate of drug-likeness (QED) is 0.377. The predicted octanol–water partition coefficient (Wildman–Crippen LogP) is 0.537. The summed E-state index contributed by atoms with van der Waals surface area (Å²) in [6, 6.07) is 2.47. The number of nitrogens with two attached hydrogens (primary N) is 1. The second kappa shape index (κ2) is 10.2. The first-order valence-corrected chi connectivity index (χ1v) is 13.9. The molecule has 4 aliphatic rings. The molecule has 3 fully saturated rings. The first kappa shape index (κ1) is 27.6. The van der Waals surface area contributed by atoms with Gasteiger partial charge in [-0.3, -0.25) is 28.9 Å². The van der Waals surface area contributed by atoms with Gasteiger partial charge in [0.2, 0.25) is 5.91 Å². The molecule has 1 amide bonds. The molecular weight excluding hydrogens is 502 g/mol. The van der Waals surface area contributed by atoms with E-state index in [1.54, 1.807) is 26.2 Å². The fraction of sp³-hybridized carbons (Fsp3) is 0.621. The average Bonchev–Trinajstić information content (AvgIpc) is 2.88. The maximum atomic E-state index is 13.9. The third kappa shape index (κ3) is 4.33. The van der Waals surface area contributed by atoms with Crippen LogP contribution in [0.15, 0.2) is 12.1 Å². The Morgan fingerprint density at radius 1 is 1.10 bits per heavy atom. The Hall–Kier alpha value is -2.95. The third-order valence-electron chi connectivity index (χ3n) is 9.49. The van der Waals surface area contributed by atoms with E-state index in [2.05, 4.69) is 5.32 Å². The molecule has 1 aromatic rings. The van der Waals surface area contributed by atoms with E-state index in [-0.39, 0.29) is 24.2 Å². The number of rotatable bonds is 6. The van der Waals surface area contributed by atoms with Crippen molar-refractivity contribution in [3.63, 3.8) is 0 Å². The Kier molecular flexibility index (Phi) is 7.24. The van der Waals surface area contributed by atoms with Crippen LogP contribution >= 0.6 is 0 Å². The summed E-state index contributed by atoms with van der Waals surface area (Å²) in [5.74, 6) is -9.54. The second-order valence-corrected chi connectivity index (χ2v) is 12.0. The monoisotopic (exact) mass is 539 g/mol. The molecule has 3 saturated carbocycles. The highest BCUT2D eigenvalue weighted by atomic mass is 16.3. The number of ketones is 4. The van der Waals surface area contributed by atoms with Crippen LogP contribution in [0.3, 0.4) is 0 Å². The molecule has 0 aromatic heterocycles. The number of likely N-dealkylation sites (N-methyl/N-ethyl adjacent to an activating group) is 1. The minimum absolute atomic E-state index is 0.0403. The molecule has 0 heterocycles. The summed E-state index contributed by atoms with van der Waals surface area (Å²) in [5.41, 5.74) is 3.83. The normalized spacial score (nSPS) is 33.1. The molecular formula is C29H37N3O7. The number of phenols is 1. The number of benzene rings is 1. The fourth-order valence-corrected chi connectivity index (χ4v) is 7.57. The van der Waals surface area contributed by atoms with Crippen LogP contribution in [-0.4, -0.2) is 76.4 Å². The summed E-state index contributed by atoms with van der Waals surface area (Å²) in [6.45, 7) is 1.18. The van der Waals surface area contributed by atoms with E-state index in [0.29, 0.717) is 23.6 Å². The van der Waals surface area contributed by atoms with Crippen molar-refractivity contribution in [1.29, 1.82) is 0 Å². The fourth-order valence-electron chi connectivity index (χ4n) is 7.57. The number of phenolic OH excluding ortho intramolecular Hbond substituents is 1. The van der Waals surface area contributed by atoms with Crippen LogP contribution in [0, 0.1) is 29.6 Å². The largest absolute Gasteiger partial charge is 0.507 e. The lowest BCUT2D eigenvalue weighted by Gasteiger charge is -2.52. The van der Waals surface area contributed by atoms with Crippen molar-refractivity contribution in [3.8, 4) is 5.75 Å². The SMILES string of the molecule is CN(C)[C@H]1C(=O)C(C(N)=O)C(=O)[C@]2(O)C(=O)C3C(=O)c4c(ccc(CNCC5CCCCC5)c4O)C[C@@H]3C[C@H]12. The van der Waals surface area contributed by atoms with Crippen molar-refractivity contribution in [2.24, 2.45) is 35.3 Å². The van der Waals surface area contributed by atoms with Crippen LogP contribution in [0.1, 0.15) is 60.0 Å². The minimum Gasteiger partial charge on any atom is -0.507 e. The topological polar surface area (TPSA) is 167 Å². The van der Waals surface area contributed by atoms with Gasteiger partial charge >= 0.3 is 0 Å². The van der Waals surface area contributed by atoms with Gasteiger partial charge in [-0.1, -0.05) is 31.4 Å². The van der Waals surface area contributed by atoms with Crippen LogP contribution in [0.4, 0.5) is 0 Å². The number of amides is 1. The number of nitrogens with zero attached hydrogens (tertiary/aromatic N) is 1. The maximum absolute atomic E-state index is 13.9. The van der Waals surface area contributed by atoms with Gasteiger partial charge in [0, 0.05) is 18.0 Å². The van der Waals surface area contributed by atoms with Gasteiger partial charge in [-0.15, -0.1) is 0 Å². The molecule has 0 bridgehead atoms. The summed E-state index contributed by atoms with van der Waals surface area (Å²) in [7, 11) is 3.13. The molecule has 0 aliphatic heterocycles. The van der Waals surface area contributed by atoms with Crippen molar-refractivity contribution in [1.82, 2.24) is 10.2 Å². The summed E-state index contributed by atoms with van der Waals surface area (Å²) in [4.78, 5) is 67.7. The standard InChI is InChI=1S/C29H37N3O7/c1-32(2)22-18-11-17-10-15-8-9-16(13-31-12-14-6-4-3-5-7-14)23(33)19(15)24(34)20(17)26(36)29(18,39)27(37)21(25(22)35)28(30)38/h8-9,14,17-18,20-22,31,33,39H,3-7,10-13H2,1-2H3,(H2,30,38)/t17-,18-,20?,21?,22-,29-/m1/s1. The van der Waals surface area contributed by atoms with Gasteiger partial charge in [-0.05, 0) is 63.7 Å². The molecule has 4 aliphatic carbocycles. The number of hydrogen-bond acceptors (Lipinski definition) is 9. The molecule has 0 saturated heterocycles. The first-order chi connectivity index (χ1) is 18.5. The van der Waals surface area contributed by atoms with E-state index in [4.69, 9.17) is 5.73 Å². The van der Waals surface area contributed by atoms with Gasteiger partial charge in [0.25, 0.3) is 0 Å². The molecule has 6 atom stereocenters. The summed E-state index contributed by atoms with van der Waals surface area (Å²) < 4.78 is 0. The van der Waals surface area contributed by atoms with Gasteiger partial charge in [0.15, 0.2) is 34.7 Å². The van der Waals surface area contributed by atoms with Gasteiger partial charge in [0.05, 0.1) is 17.5 Å². The number of aliphatic hydroxyl groups is 1. The highest BCUT2D eigenvalue weighted by molar-refractivity contribution is 6.32. The van der Waals surface area contributed by atoms with Gasteiger partial charge in [-0.2, -0.15) is 0 Å². The molecule has 39 heavy (non-hydrogen) atoms. The predicted molar refractivity (Wildman–Crippen MR) is 140 cm³/mol.